The summed E-state index contributed by atoms with van der Waals surface area (Å²) in [6.07, 6.45) is 0.885. The topological polar surface area (TPSA) is 62.3 Å². The molecule has 0 amide bonds. The smallest absolute Gasteiger partial charge is 0.142 e. The number of hydrogen-bond acceptors (Lipinski definition) is 4. The van der Waals surface area contributed by atoms with Gasteiger partial charge in [-0.25, -0.2) is 0 Å². The van der Waals surface area contributed by atoms with E-state index >= 15 is 0 Å². The van der Waals surface area contributed by atoms with Gasteiger partial charge in [0.25, 0.3) is 0 Å². The van der Waals surface area contributed by atoms with Gasteiger partial charge in [-0.1, -0.05) is 6.92 Å². The van der Waals surface area contributed by atoms with Gasteiger partial charge in [0.05, 0.1) is 28.7 Å². The highest BCUT2D eigenvalue weighted by Crippen LogP contribution is 2.28. The molecule has 2 rings (SSSR count). The van der Waals surface area contributed by atoms with Gasteiger partial charge in [-0.3, -0.25) is 4.68 Å². The van der Waals surface area contributed by atoms with Crippen molar-refractivity contribution in [3.63, 3.8) is 0 Å². The quantitative estimate of drug-likeness (QED) is 0.808. The molecule has 1 aromatic carbocycles. The van der Waals surface area contributed by atoms with Gasteiger partial charge in [-0.2, -0.15) is 5.10 Å². The van der Waals surface area contributed by atoms with Crippen molar-refractivity contribution in [2.45, 2.75) is 33.4 Å². The third kappa shape index (κ3) is 3.32. The van der Waals surface area contributed by atoms with Crippen molar-refractivity contribution in [3.8, 4) is 11.5 Å². The molecule has 2 aromatic rings. The first kappa shape index (κ1) is 15.7. The molecule has 0 aliphatic rings. The molecule has 6 heteroatoms. The molecule has 5 nitrogen and oxygen atoms in total. The third-order valence-corrected chi connectivity index (χ3v) is 4.19. The summed E-state index contributed by atoms with van der Waals surface area (Å²) in [6, 6.07) is 5.41. The Morgan fingerprint density at radius 1 is 1.33 bits per heavy atom. The van der Waals surface area contributed by atoms with E-state index in [1.54, 1.807) is 19.2 Å². The summed E-state index contributed by atoms with van der Waals surface area (Å²) >= 11 is 3.61. The molecule has 0 aliphatic carbocycles. The Kier molecular flexibility index (Phi) is 5.12. The summed E-state index contributed by atoms with van der Waals surface area (Å²) in [5.74, 6) is 1.36. The molecule has 0 aliphatic heterocycles. The fourth-order valence-corrected chi connectivity index (χ4v) is 2.79. The summed E-state index contributed by atoms with van der Waals surface area (Å²) < 4.78 is 13.9. The Bertz CT molecular complexity index is 626. The maximum atomic E-state index is 5.88. The number of nitrogens with zero attached hydrogens (tertiary/aromatic N) is 2. The second-order valence-corrected chi connectivity index (χ2v) is 5.36. The van der Waals surface area contributed by atoms with Gasteiger partial charge >= 0.3 is 0 Å². The largest absolute Gasteiger partial charge is 0.495 e. The molecular weight excluding hydrogens is 334 g/mol. The molecule has 0 radical (unpaired) electrons. The predicted octanol–water partition coefficient (Wildman–Crippen LogP) is 3.40. The highest BCUT2D eigenvalue weighted by atomic mass is 79.9. The van der Waals surface area contributed by atoms with Crippen LogP contribution in [0.3, 0.4) is 0 Å². The minimum atomic E-state index is 0.438. The van der Waals surface area contributed by atoms with E-state index in [2.05, 4.69) is 34.9 Å². The number of aromatic nitrogens is 2. The van der Waals surface area contributed by atoms with Crippen LogP contribution < -0.4 is 15.2 Å². The summed E-state index contributed by atoms with van der Waals surface area (Å²) in [5, 5.41) is 4.55. The molecule has 2 N–H and O–H groups in total. The van der Waals surface area contributed by atoms with Gasteiger partial charge in [0, 0.05) is 12.6 Å². The van der Waals surface area contributed by atoms with Crippen molar-refractivity contribution < 1.29 is 9.47 Å². The highest BCUT2D eigenvalue weighted by molar-refractivity contribution is 9.10. The van der Waals surface area contributed by atoms with E-state index in [1.807, 2.05) is 10.7 Å². The summed E-state index contributed by atoms with van der Waals surface area (Å²) in [6.45, 7) is 5.39. The van der Waals surface area contributed by atoms with Crippen molar-refractivity contribution >= 4 is 21.6 Å². The molecule has 21 heavy (non-hydrogen) atoms. The molecule has 0 saturated heterocycles. The number of hydrogen-bond donors (Lipinski definition) is 1. The Labute approximate surface area is 133 Å². The monoisotopic (exact) mass is 353 g/mol. The van der Waals surface area contributed by atoms with Gasteiger partial charge in [0.2, 0.25) is 0 Å². The molecule has 0 saturated carbocycles. The number of rotatable bonds is 6. The second-order valence-electron chi connectivity index (χ2n) is 4.57. The molecule has 1 heterocycles. The van der Waals surface area contributed by atoms with Crippen molar-refractivity contribution in [3.05, 3.63) is 34.1 Å². The third-order valence-electron chi connectivity index (χ3n) is 3.27. The first-order chi connectivity index (χ1) is 10.1. The SMILES string of the molecule is CCc1nn(CC)c(COc2ccc(OC)c(N)c2)c1Br. The van der Waals surface area contributed by atoms with Gasteiger partial charge in [0.1, 0.15) is 18.1 Å². The van der Waals surface area contributed by atoms with Crippen LogP contribution in [0.25, 0.3) is 0 Å². The lowest BCUT2D eigenvalue weighted by Crippen LogP contribution is -2.07. The zero-order chi connectivity index (χ0) is 15.4. The van der Waals surface area contributed by atoms with Crippen LogP contribution in [0.2, 0.25) is 0 Å². The minimum absolute atomic E-state index is 0.438. The lowest BCUT2D eigenvalue weighted by Gasteiger charge is -2.10. The molecule has 1 aromatic heterocycles. The van der Waals surface area contributed by atoms with Gasteiger partial charge in [-0.15, -0.1) is 0 Å². The van der Waals surface area contributed by atoms with Crippen LogP contribution >= 0.6 is 15.9 Å². The van der Waals surface area contributed by atoms with E-state index in [9.17, 15) is 0 Å². The van der Waals surface area contributed by atoms with Gasteiger partial charge < -0.3 is 15.2 Å². The second kappa shape index (κ2) is 6.85. The van der Waals surface area contributed by atoms with Crippen LogP contribution in [-0.4, -0.2) is 16.9 Å². The predicted molar refractivity (Wildman–Crippen MR) is 86.7 cm³/mol. The summed E-state index contributed by atoms with van der Waals surface area (Å²) in [5.41, 5.74) is 8.52. The number of methoxy groups -OCH3 is 1. The van der Waals surface area contributed by atoms with E-state index in [0.717, 1.165) is 28.8 Å². The fourth-order valence-electron chi connectivity index (χ4n) is 2.11. The van der Waals surface area contributed by atoms with Crippen LogP contribution in [-0.2, 0) is 19.6 Å². The standard InChI is InChI=1S/C15H20BrN3O2/c1-4-12-15(16)13(19(5-2)18-12)9-21-10-6-7-14(20-3)11(17)8-10/h6-8H,4-5,9,17H2,1-3H3. The summed E-state index contributed by atoms with van der Waals surface area (Å²) in [4.78, 5) is 0. The maximum absolute atomic E-state index is 5.88. The molecule has 0 unspecified atom stereocenters. The van der Waals surface area contributed by atoms with Crippen LogP contribution in [0.15, 0.2) is 22.7 Å². The Hall–Kier alpha value is -1.69. The molecule has 114 valence electrons. The first-order valence-electron chi connectivity index (χ1n) is 6.91. The van der Waals surface area contributed by atoms with E-state index in [-0.39, 0.29) is 0 Å². The molecule has 0 spiro atoms. The minimum Gasteiger partial charge on any atom is -0.495 e. The van der Waals surface area contributed by atoms with Gasteiger partial charge in [0.15, 0.2) is 0 Å². The average Bonchev–Trinajstić information content (AvgIpc) is 2.80. The molecule has 0 bridgehead atoms. The first-order valence-corrected chi connectivity index (χ1v) is 7.70. The molecule has 0 fully saturated rings. The highest BCUT2D eigenvalue weighted by Gasteiger charge is 2.14. The van der Waals surface area contributed by atoms with Gasteiger partial charge in [-0.05, 0) is 41.4 Å². The van der Waals surface area contributed by atoms with Crippen LogP contribution in [0.5, 0.6) is 11.5 Å². The van der Waals surface area contributed by atoms with Crippen LogP contribution in [0, 0.1) is 0 Å². The fraction of sp³-hybridized carbons (Fsp3) is 0.400. The number of anilines is 1. The number of nitrogen functional groups attached to an aromatic ring is 1. The number of aryl methyl sites for hydroxylation is 2. The van der Waals surface area contributed by atoms with Crippen LogP contribution in [0.4, 0.5) is 5.69 Å². The van der Waals surface area contributed by atoms with Crippen molar-refractivity contribution in [1.29, 1.82) is 0 Å². The van der Waals surface area contributed by atoms with E-state index in [4.69, 9.17) is 15.2 Å². The van der Waals surface area contributed by atoms with Crippen molar-refractivity contribution in [2.24, 2.45) is 0 Å². The maximum Gasteiger partial charge on any atom is 0.142 e. The van der Waals surface area contributed by atoms with E-state index in [0.29, 0.717) is 23.8 Å². The van der Waals surface area contributed by atoms with Crippen molar-refractivity contribution in [2.75, 3.05) is 12.8 Å². The average molecular weight is 354 g/mol. The Morgan fingerprint density at radius 3 is 2.67 bits per heavy atom. The number of benzene rings is 1. The lowest BCUT2D eigenvalue weighted by atomic mass is 10.3. The number of halogens is 1. The number of nitrogens with two attached hydrogens (primary N) is 1. The summed E-state index contributed by atoms with van der Waals surface area (Å²) in [7, 11) is 1.59. The Balaban J connectivity index is 2.16. The lowest BCUT2D eigenvalue weighted by molar-refractivity contribution is 0.291. The Morgan fingerprint density at radius 2 is 2.10 bits per heavy atom. The number of ether oxygens (including phenoxy) is 2. The zero-order valence-corrected chi connectivity index (χ0v) is 14.1. The molecule has 0 atom stereocenters. The van der Waals surface area contributed by atoms with E-state index < -0.39 is 0 Å². The zero-order valence-electron chi connectivity index (χ0n) is 12.5. The normalized spacial score (nSPS) is 10.7. The van der Waals surface area contributed by atoms with Crippen LogP contribution in [0.1, 0.15) is 25.2 Å². The van der Waals surface area contributed by atoms with Crippen molar-refractivity contribution in [1.82, 2.24) is 9.78 Å². The molecular formula is C15H20BrN3O2. The van der Waals surface area contributed by atoms with E-state index in [1.165, 1.54) is 0 Å².